The summed E-state index contributed by atoms with van der Waals surface area (Å²) in [5, 5.41) is 0. The van der Waals surface area contributed by atoms with Crippen molar-refractivity contribution in [3.63, 3.8) is 0 Å². The average molecular weight is 255 g/mol. The average Bonchev–Trinajstić information content (AvgIpc) is 3.09. The third-order valence-corrected chi connectivity index (χ3v) is 4.16. The van der Waals surface area contributed by atoms with Crippen LogP contribution in [0.25, 0.3) is 0 Å². The van der Waals surface area contributed by atoms with Gasteiger partial charge >= 0.3 is 0 Å². The zero-order valence-corrected chi connectivity index (χ0v) is 10.9. The van der Waals surface area contributed by atoms with Gasteiger partial charge < -0.3 is 4.74 Å². The Morgan fingerprint density at radius 3 is 2.29 bits per heavy atom. The number of rotatable bonds is 5. The second kappa shape index (κ2) is 4.66. The summed E-state index contributed by atoms with van der Waals surface area (Å²) in [6, 6.07) is 7.71. The van der Waals surface area contributed by atoms with E-state index in [1.807, 2.05) is 24.3 Å². The van der Waals surface area contributed by atoms with E-state index >= 15 is 0 Å². The molecule has 0 bridgehead atoms. The Morgan fingerprint density at radius 1 is 1.29 bits per heavy atom. The van der Waals surface area contributed by atoms with Crippen molar-refractivity contribution in [1.29, 1.82) is 0 Å². The molecule has 0 radical (unpaired) electrons. The molecule has 1 aromatic rings. The number of hydrogen-bond acceptors (Lipinski definition) is 3. The lowest BCUT2D eigenvalue weighted by Crippen LogP contribution is -2.31. The molecule has 0 saturated heterocycles. The molecule has 0 spiro atoms. The third kappa shape index (κ3) is 3.20. The first-order valence-electron chi connectivity index (χ1n) is 5.60. The van der Waals surface area contributed by atoms with Crippen molar-refractivity contribution in [2.24, 2.45) is 0 Å². The standard InChI is InChI=1S/C12H17NO3S/c1-16-12-7-3-10(4-8-12)9-13(11-5-6-11)17(2,14)15/h3-4,7-8,11H,5-6,9H2,1-2H3. The summed E-state index contributed by atoms with van der Waals surface area (Å²) in [5.74, 6) is 0.783. The van der Waals surface area contributed by atoms with Gasteiger partial charge in [-0.1, -0.05) is 12.1 Å². The molecule has 0 amide bonds. The molecule has 1 fully saturated rings. The predicted molar refractivity (Wildman–Crippen MR) is 66.4 cm³/mol. The van der Waals surface area contributed by atoms with Crippen LogP contribution >= 0.6 is 0 Å². The Kier molecular flexibility index (Phi) is 3.40. The van der Waals surface area contributed by atoms with E-state index in [9.17, 15) is 8.42 Å². The van der Waals surface area contributed by atoms with Crippen LogP contribution in [0.2, 0.25) is 0 Å². The van der Waals surface area contributed by atoms with Gasteiger partial charge in [0.25, 0.3) is 0 Å². The first-order chi connectivity index (χ1) is 8.00. The Morgan fingerprint density at radius 2 is 1.88 bits per heavy atom. The summed E-state index contributed by atoms with van der Waals surface area (Å²) < 4.78 is 29.9. The number of nitrogens with zero attached hydrogens (tertiary/aromatic N) is 1. The van der Waals surface area contributed by atoms with Crippen molar-refractivity contribution in [1.82, 2.24) is 4.31 Å². The topological polar surface area (TPSA) is 46.6 Å². The van der Waals surface area contributed by atoms with E-state index < -0.39 is 10.0 Å². The van der Waals surface area contributed by atoms with E-state index in [1.54, 1.807) is 11.4 Å². The van der Waals surface area contributed by atoms with Gasteiger partial charge in [0.1, 0.15) is 5.75 Å². The van der Waals surface area contributed by atoms with Gasteiger partial charge in [-0.25, -0.2) is 8.42 Å². The van der Waals surface area contributed by atoms with Gasteiger partial charge in [-0.2, -0.15) is 4.31 Å². The van der Waals surface area contributed by atoms with Gasteiger partial charge in [0.2, 0.25) is 10.0 Å². The molecule has 2 rings (SSSR count). The van der Waals surface area contributed by atoms with Gasteiger partial charge in [0, 0.05) is 12.6 Å². The minimum absolute atomic E-state index is 0.201. The molecule has 17 heavy (non-hydrogen) atoms. The van der Waals surface area contributed by atoms with E-state index in [0.29, 0.717) is 6.54 Å². The van der Waals surface area contributed by atoms with Crippen LogP contribution in [0.3, 0.4) is 0 Å². The van der Waals surface area contributed by atoms with Crippen LogP contribution in [0.5, 0.6) is 5.75 Å². The van der Waals surface area contributed by atoms with E-state index in [-0.39, 0.29) is 6.04 Å². The first-order valence-corrected chi connectivity index (χ1v) is 7.45. The highest BCUT2D eigenvalue weighted by molar-refractivity contribution is 7.88. The summed E-state index contributed by atoms with van der Waals surface area (Å²) in [7, 11) is -1.50. The second-order valence-electron chi connectivity index (χ2n) is 4.39. The maximum absolute atomic E-state index is 11.6. The van der Waals surface area contributed by atoms with Crippen LogP contribution < -0.4 is 4.74 Å². The minimum atomic E-state index is -3.11. The van der Waals surface area contributed by atoms with Crippen molar-refractivity contribution < 1.29 is 13.2 Å². The molecule has 0 unspecified atom stereocenters. The first kappa shape index (κ1) is 12.4. The fourth-order valence-electron chi connectivity index (χ4n) is 1.79. The Hall–Kier alpha value is -1.07. The molecule has 0 heterocycles. The highest BCUT2D eigenvalue weighted by Gasteiger charge is 2.34. The fraction of sp³-hybridized carbons (Fsp3) is 0.500. The maximum atomic E-state index is 11.6. The van der Waals surface area contributed by atoms with E-state index in [4.69, 9.17) is 4.74 Å². The smallest absolute Gasteiger partial charge is 0.211 e. The molecule has 5 heteroatoms. The van der Waals surface area contributed by atoms with Crippen molar-refractivity contribution in [2.75, 3.05) is 13.4 Å². The van der Waals surface area contributed by atoms with Crippen molar-refractivity contribution >= 4 is 10.0 Å². The quantitative estimate of drug-likeness (QED) is 0.803. The zero-order valence-electron chi connectivity index (χ0n) is 10.1. The van der Waals surface area contributed by atoms with Gasteiger partial charge in [0.15, 0.2) is 0 Å². The van der Waals surface area contributed by atoms with Crippen LogP contribution in [0.4, 0.5) is 0 Å². The molecule has 1 aliphatic carbocycles. The third-order valence-electron chi connectivity index (χ3n) is 2.88. The number of sulfonamides is 1. The molecule has 0 atom stereocenters. The molecule has 0 aliphatic heterocycles. The van der Waals surface area contributed by atoms with Gasteiger partial charge in [-0.15, -0.1) is 0 Å². The maximum Gasteiger partial charge on any atom is 0.211 e. The lowest BCUT2D eigenvalue weighted by molar-refractivity contribution is 0.400. The molecule has 94 valence electrons. The van der Waals surface area contributed by atoms with Gasteiger partial charge in [-0.05, 0) is 30.5 Å². The molecule has 0 aromatic heterocycles. The Labute approximate surface area is 102 Å². The summed E-state index contributed by atoms with van der Waals surface area (Å²) in [6.45, 7) is 0.452. The summed E-state index contributed by atoms with van der Waals surface area (Å²) >= 11 is 0. The van der Waals surface area contributed by atoms with Crippen LogP contribution in [0, 0.1) is 0 Å². The number of benzene rings is 1. The van der Waals surface area contributed by atoms with E-state index in [2.05, 4.69) is 0 Å². The normalized spacial score (nSPS) is 16.2. The molecule has 1 aromatic carbocycles. The predicted octanol–water partition coefficient (Wildman–Crippen LogP) is 1.62. The molecule has 1 saturated carbocycles. The monoisotopic (exact) mass is 255 g/mol. The molecular weight excluding hydrogens is 238 g/mol. The second-order valence-corrected chi connectivity index (χ2v) is 6.32. The van der Waals surface area contributed by atoms with E-state index in [0.717, 1.165) is 24.2 Å². The summed E-state index contributed by atoms with van der Waals surface area (Å²) in [5.41, 5.74) is 0.989. The molecular formula is C12H17NO3S. The molecule has 1 aliphatic rings. The van der Waals surface area contributed by atoms with Crippen LogP contribution in [-0.2, 0) is 16.6 Å². The van der Waals surface area contributed by atoms with E-state index in [1.165, 1.54) is 6.26 Å². The van der Waals surface area contributed by atoms with Gasteiger partial charge in [0.05, 0.1) is 13.4 Å². The molecule has 4 nitrogen and oxygen atoms in total. The van der Waals surface area contributed by atoms with Gasteiger partial charge in [-0.3, -0.25) is 0 Å². The summed E-state index contributed by atoms with van der Waals surface area (Å²) in [4.78, 5) is 0. The minimum Gasteiger partial charge on any atom is -0.497 e. The Bertz CT molecular complexity index is 477. The van der Waals surface area contributed by atoms with Crippen molar-refractivity contribution in [3.8, 4) is 5.75 Å². The van der Waals surface area contributed by atoms with Crippen LogP contribution in [0.15, 0.2) is 24.3 Å². The zero-order chi connectivity index (χ0) is 12.5. The number of hydrogen-bond donors (Lipinski definition) is 0. The number of ether oxygens (including phenoxy) is 1. The highest BCUT2D eigenvalue weighted by Crippen LogP contribution is 2.30. The highest BCUT2D eigenvalue weighted by atomic mass is 32.2. The SMILES string of the molecule is COc1ccc(CN(C2CC2)S(C)(=O)=O)cc1. The molecule has 0 N–H and O–H groups in total. The van der Waals surface area contributed by atoms with Crippen molar-refractivity contribution in [3.05, 3.63) is 29.8 Å². The van der Waals surface area contributed by atoms with Crippen molar-refractivity contribution in [2.45, 2.75) is 25.4 Å². The number of methoxy groups -OCH3 is 1. The van der Waals surface area contributed by atoms with Crippen LogP contribution in [-0.4, -0.2) is 32.1 Å². The van der Waals surface area contributed by atoms with Crippen LogP contribution in [0.1, 0.15) is 18.4 Å². The largest absolute Gasteiger partial charge is 0.497 e. The Balaban J connectivity index is 2.12. The lowest BCUT2D eigenvalue weighted by atomic mass is 10.2. The summed E-state index contributed by atoms with van der Waals surface area (Å²) in [6.07, 6.45) is 3.22. The fourth-order valence-corrected chi connectivity index (χ4v) is 2.93. The lowest BCUT2D eigenvalue weighted by Gasteiger charge is -2.19.